The quantitative estimate of drug-likeness (QED) is 0.668. The molecule has 1 aromatic rings. The topological polar surface area (TPSA) is 121 Å². The van der Waals surface area contributed by atoms with Crippen LogP contribution in [0.1, 0.15) is 28.8 Å². The molecule has 24 heavy (non-hydrogen) atoms. The van der Waals surface area contributed by atoms with E-state index in [1.165, 1.54) is 12.1 Å². The van der Waals surface area contributed by atoms with Crippen molar-refractivity contribution in [1.29, 1.82) is 0 Å². The van der Waals surface area contributed by atoms with Crippen molar-refractivity contribution in [3.05, 3.63) is 53.6 Å². The molecule has 7 nitrogen and oxygen atoms in total. The number of nitrogens with one attached hydrogen (secondary N) is 1. The first kappa shape index (κ1) is 17.9. The Bertz CT molecular complexity index is 792. The second-order valence-electron chi connectivity index (χ2n) is 5.33. The van der Waals surface area contributed by atoms with Crippen LogP contribution < -0.4 is 5.32 Å². The average molecular weight is 351 g/mol. The van der Waals surface area contributed by atoms with Gasteiger partial charge in [0.2, 0.25) is 0 Å². The molecule has 1 aromatic carbocycles. The van der Waals surface area contributed by atoms with Crippen molar-refractivity contribution in [2.24, 2.45) is 0 Å². The van der Waals surface area contributed by atoms with Crippen LogP contribution in [-0.2, 0) is 14.9 Å². The number of carbonyl (C=O) groups is 2. The number of benzene rings is 1. The van der Waals surface area contributed by atoms with E-state index in [2.05, 4.69) is 17.5 Å². The van der Waals surface area contributed by atoms with Gasteiger partial charge >= 0.3 is 5.97 Å². The molecule has 0 spiro atoms. The molecule has 0 saturated carbocycles. The predicted molar refractivity (Wildman–Crippen MR) is 88.1 cm³/mol. The van der Waals surface area contributed by atoms with Crippen molar-refractivity contribution < 1.29 is 27.7 Å². The van der Waals surface area contributed by atoms with Gasteiger partial charge in [-0.2, -0.15) is 8.42 Å². The molecule has 0 bridgehead atoms. The van der Waals surface area contributed by atoms with Gasteiger partial charge in [-0.25, -0.2) is 4.79 Å². The van der Waals surface area contributed by atoms with Gasteiger partial charge in [0.25, 0.3) is 16.0 Å². The minimum atomic E-state index is -4.53. The average Bonchev–Trinajstić information content (AvgIpc) is 2.54. The summed E-state index contributed by atoms with van der Waals surface area (Å²) in [4.78, 5) is 23.1. The Morgan fingerprint density at radius 3 is 2.33 bits per heavy atom. The number of amides is 1. The van der Waals surface area contributed by atoms with Gasteiger partial charge < -0.3 is 10.4 Å². The second kappa shape index (κ2) is 7.41. The van der Waals surface area contributed by atoms with Crippen LogP contribution in [-0.4, -0.2) is 41.7 Å². The highest BCUT2D eigenvalue weighted by molar-refractivity contribution is 7.85. The first-order valence-electron chi connectivity index (χ1n) is 7.22. The van der Waals surface area contributed by atoms with Crippen molar-refractivity contribution in [2.75, 3.05) is 5.75 Å². The maximum Gasteiger partial charge on any atom is 0.327 e. The smallest absolute Gasteiger partial charge is 0.327 e. The van der Waals surface area contributed by atoms with Crippen molar-refractivity contribution in [3.8, 4) is 0 Å². The lowest BCUT2D eigenvalue weighted by Gasteiger charge is -2.13. The number of carboxylic acid groups (broad SMARTS) is 1. The van der Waals surface area contributed by atoms with Crippen molar-refractivity contribution in [1.82, 2.24) is 5.32 Å². The van der Waals surface area contributed by atoms with E-state index in [9.17, 15) is 18.0 Å². The van der Waals surface area contributed by atoms with Crippen LogP contribution in [0.4, 0.5) is 0 Å². The SMILES string of the molecule is O=C(NC(CS(=O)(=O)O)C(=O)O)c1ccc(C2=CCCC=C2)cc1. The van der Waals surface area contributed by atoms with Crippen LogP contribution >= 0.6 is 0 Å². The monoisotopic (exact) mass is 351 g/mol. The summed E-state index contributed by atoms with van der Waals surface area (Å²) in [5, 5.41) is 11.0. The minimum absolute atomic E-state index is 0.195. The van der Waals surface area contributed by atoms with Gasteiger partial charge in [-0.3, -0.25) is 9.35 Å². The molecule has 1 unspecified atom stereocenters. The zero-order chi connectivity index (χ0) is 17.7. The summed E-state index contributed by atoms with van der Waals surface area (Å²) in [5.74, 6) is -3.37. The molecule has 0 saturated heterocycles. The summed E-state index contributed by atoms with van der Waals surface area (Å²) >= 11 is 0. The van der Waals surface area contributed by atoms with Gasteiger partial charge in [0.1, 0.15) is 11.8 Å². The fourth-order valence-electron chi connectivity index (χ4n) is 2.27. The third-order valence-corrected chi connectivity index (χ3v) is 4.21. The Morgan fingerprint density at radius 2 is 1.83 bits per heavy atom. The van der Waals surface area contributed by atoms with Crippen LogP contribution in [0.15, 0.2) is 42.5 Å². The van der Waals surface area contributed by atoms with Crippen LogP contribution in [0, 0.1) is 0 Å². The first-order valence-corrected chi connectivity index (χ1v) is 8.83. The zero-order valence-electron chi connectivity index (χ0n) is 12.7. The number of aliphatic carboxylic acids is 1. The van der Waals surface area contributed by atoms with E-state index in [-0.39, 0.29) is 5.56 Å². The molecule has 0 heterocycles. The third-order valence-electron chi connectivity index (χ3n) is 3.46. The van der Waals surface area contributed by atoms with Crippen molar-refractivity contribution in [2.45, 2.75) is 18.9 Å². The Morgan fingerprint density at radius 1 is 1.17 bits per heavy atom. The number of hydrogen-bond donors (Lipinski definition) is 3. The lowest BCUT2D eigenvalue weighted by molar-refractivity contribution is -0.138. The molecular weight excluding hydrogens is 334 g/mol. The van der Waals surface area contributed by atoms with Crippen LogP contribution in [0.5, 0.6) is 0 Å². The molecule has 0 radical (unpaired) electrons. The number of carboxylic acids is 1. The molecular formula is C16H17NO6S. The standard InChI is InChI=1S/C16H17NO6S/c18-15(17-14(16(19)20)10-24(21,22)23)13-8-6-12(7-9-13)11-4-2-1-3-5-11/h2,4-9,14H,1,3,10H2,(H,17,18)(H,19,20)(H,21,22,23). The largest absolute Gasteiger partial charge is 0.480 e. The lowest BCUT2D eigenvalue weighted by Crippen LogP contribution is -2.45. The summed E-state index contributed by atoms with van der Waals surface area (Å²) in [7, 11) is -4.53. The zero-order valence-corrected chi connectivity index (χ0v) is 13.5. The molecule has 8 heteroatoms. The van der Waals surface area contributed by atoms with E-state index in [1.54, 1.807) is 12.1 Å². The van der Waals surface area contributed by atoms with Gasteiger partial charge in [-0.15, -0.1) is 0 Å². The lowest BCUT2D eigenvalue weighted by atomic mass is 9.98. The highest BCUT2D eigenvalue weighted by Gasteiger charge is 2.26. The summed E-state index contributed by atoms with van der Waals surface area (Å²) in [6.45, 7) is 0. The second-order valence-corrected chi connectivity index (χ2v) is 6.83. The van der Waals surface area contributed by atoms with Gasteiger partial charge in [0, 0.05) is 5.56 Å². The fourth-order valence-corrected chi connectivity index (χ4v) is 2.92. The van der Waals surface area contributed by atoms with E-state index in [0.717, 1.165) is 24.0 Å². The maximum absolute atomic E-state index is 12.1. The highest BCUT2D eigenvalue weighted by atomic mass is 32.2. The summed E-state index contributed by atoms with van der Waals surface area (Å²) in [5.41, 5.74) is 2.17. The van der Waals surface area contributed by atoms with E-state index in [4.69, 9.17) is 9.66 Å². The van der Waals surface area contributed by atoms with E-state index < -0.39 is 33.8 Å². The minimum Gasteiger partial charge on any atom is -0.480 e. The maximum atomic E-state index is 12.1. The number of rotatable bonds is 6. The Labute approximate surface area is 139 Å². The molecule has 2 rings (SSSR count). The first-order chi connectivity index (χ1) is 11.3. The molecule has 3 N–H and O–H groups in total. The molecule has 1 aliphatic carbocycles. The Hall–Kier alpha value is -2.45. The summed E-state index contributed by atoms with van der Waals surface area (Å²) < 4.78 is 30.4. The number of allylic oxidation sites excluding steroid dienone is 4. The molecule has 0 fully saturated rings. The molecule has 0 aliphatic heterocycles. The molecule has 128 valence electrons. The van der Waals surface area contributed by atoms with Crippen LogP contribution in [0.3, 0.4) is 0 Å². The van der Waals surface area contributed by atoms with Gasteiger partial charge in [0.05, 0.1) is 0 Å². The fraction of sp³-hybridized carbons (Fsp3) is 0.250. The van der Waals surface area contributed by atoms with Gasteiger partial charge in [0.15, 0.2) is 0 Å². The van der Waals surface area contributed by atoms with Gasteiger partial charge in [-0.1, -0.05) is 30.4 Å². The van der Waals surface area contributed by atoms with E-state index >= 15 is 0 Å². The summed E-state index contributed by atoms with van der Waals surface area (Å²) in [6.07, 6.45) is 8.08. The number of carbonyl (C=O) groups excluding carboxylic acids is 1. The van der Waals surface area contributed by atoms with Crippen LogP contribution in [0.2, 0.25) is 0 Å². The third kappa shape index (κ3) is 5.04. The summed E-state index contributed by atoms with van der Waals surface area (Å²) in [6, 6.07) is 4.79. The number of hydrogen-bond acceptors (Lipinski definition) is 4. The van der Waals surface area contributed by atoms with Crippen LogP contribution in [0.25, 0.3) is 5.57 Å². The molecule has 1 atom stereocenters. The van der Waals surface area contributed by atoms with E-state index in [0.29, 0.717) is 0 Å². The normalized spacial score (nSPS) is 15.5. The van der Waals surface area contributed by atoms with E-state index in [1.807, 2.05) is 6.08 Å². The highest BCUT2D eigenvalue weighted by Crippen LogP contribution is 2.21. The Kier molecular flexibility index (Phi) is 5.53. The molecule has 1 amide bonds. The Balaban J connectivity index is 2.10. The van der Waals surface area contributed by atoms with Crippen molar-refractivity contribution in [3.63, 3.8) is 0 Å². The van der Waals surface area contributed by atoms with Gasteiger partial charge in [-0.05, 0) is 36.1 Å². The predicted octanol–water partition coefficient (Wildman–Crippen LogP) is 1.49. The molecule has 0 aromatic heterocycles. The molecule has 1 aliphatic rings. The van der Waals surface area contributed by atoms with Crippen molar-refractivity contribution >= 4 is 27.6 Å².